The molecule has 0 amide bonds. The highest BCUT2D eigenvalue weighted by molar-refractivity contribution is 8.76. The largest absolute Gasteiger partial charge is 0.545 e. The van der Waals surface area contributed by atoms with Crippen LogP contribution < -0.4 is 10.2 Å². The van der Waals surface area contributed by atoms with Crippen molar-refractivity contribution in [2.24, 2.45) is 0 Å². The van der Waals surface area contributed by atoms with Gasteiger partial charge in [0.15, 0.2) is 0 Å². The lowest BCUT2D eigenvalue weighted by atomic mass is 10.1. The normalized spacial score (nSPS) is 11.5. The van der Waals surface area contributed by atoms with E-state index in [0.29, 0.717) is 0 Å². The van der Waals surface area contributed by atoms with E-state index in [1.165, 1.54) is 313 Å². The van der Waals surface area contributed by atoms with Gasteiger partial charge in [0.1, 0.15) is 0 Å². The molecule has 0 unspecified atom stereocenters. The number of carbonyl (C=O) groups excluding carboxylic acids is 2. The van der Waals surface area contributed by atoms with E-state index >= 15 is 0 Å². The van der Waals surface area contributed by atoms with Crippen molar-refractivity contribution in [3.05, 3.63) is 59.7 Å². The molecule has 0 aromatic heterocycles. The maximum Gasteiger partial charge on any atom is 0.0786 e. The molecule has 2 aromatic carbocycles. The number of hydrogen-bond donors (Lipinski definition) is 0. The molecule has 0 saturated heterocycles. The molecule has 70 heavy (non-hydrogen) atoms. The third-order valence-corrected chi connectivity index (χ3v) is 16.7. The van der Waals surface area contributed by atoms with Crippen molar-refractivity contribution in [3.8, 4) is 0 Å². The molecule has 0 N–H and O–H groups in total. The van der Waals surface area contributed by atoms with Gasteiger partial charge in [0, 0.05) is 9.79 Å². The molecule has 0 radical (unpaired) electrons. The highest BCUT2D eigenvalue weighted by Crippen LogP contribution is 2.37. The van der Waals surface area contributed by atoms with E-state index in [9.17, 15) is 19.8 Å². The first-order chi connectivity index (χ1) is 34.0. The zero-order chi connectivity index (χ0) is 51.8. The Labute approximate surface area is 442 Å². The summed E-state index contributed by atoms with van der Waals surface area (Å²) >= 11 is 0. The van der Waals surface area contributed by atoms with Crippen LogP contribution in [0.5, 0.6) is 0 Å². The fourth-order valence-electron chi connectivity index (χ4n) is 9.72. The number of carbonyl (C=O) groups is 2. The minimum absolute atomic E-state index is 0.137. The summed E-state index contributed by atoms with van der Waals surface area (Å²) in [6, 6.07) is 12.7. The number of nitrogens with zero attached hydrogens (tertiary/aromatic N) is 2. The summed E-state index contributed by atoms with van der Waals surface area (Å²) in [5.41, 5.74) is 0.273. The van der Waals surface area contributed by atoms with Crippen molar-refractivity contribution in [2.75, 3.05) is 52.4 Å². The first-order valence-electron chi connectivity index (χ1n) is 29.7. The number of carboxylic acid groups (broad SMARTS) is 2. The zero-order valence-electron chi connectivity index (χ0n) is 47.2. The van der Waals surface area contributed by atoms with E-state index in [0.717, 1.165) is 9.79 Å². The Morgan fingerprint density at radius 1 is 0.300 bits per heavy atom. The maximum absolute atomic E-state index is 10.6. The molecule has 0 spiro atoms. The molecule has 0 aliphatic rings. The second-order valence-corrected chi connectivity index (χ2v) is 23.0. The molecule has 0 atom stereocenters. The summed E-state index contributed by atoms with van der Waals surface area (Å²) in [5.74, 6) is -2.40. The molecule has 406 valence electrons. The van der Waals surface area contributed by atoms with Gasteiger partial charge in [-0.15, -0.1) is 0 Å². The maximum atomic E-state index is 10.6. The standard InChI is InChI=1S/2C24H52N.C14H10O4S2/c2*1-5-9-13-17-21-25(22-18-14-10-6-2,23-19-15-11-7-3)24-20-16-12-8-4;15-13(16)9-1-5-11(6-2-9)19-20-12-7-3-10(4-8-12)14(17)18/h2*5-24H2,1-4H3;1-8H,(H,15,16)(H,17,18)/q2*+1;/p-2. The van der Waals surface area contributed by atoms with Crippen molar-refractivity contribution >= 4 is 33.5 Å². The molecule has 2 rings (SSSR count). The van der Waals surface area contributed by atoms with E-state index in [2.05, 4.69) is 55.4 Å². The fraction of sp³-hybridized carbons (Fsp3) is 0.774. The number of rotatable bonds is 45. The van der Waals surface area contributed by atoms with Crippen LogP contribution in [0.2, 0.25) is 0 Å². The van der Waals surface area contributed by atoms with Gasteiger partial charge in [-0.2, -0.15) is 0 Å². The number of hydrogen-bond acceptors (Lipinski definition) is 6. The summed E-state index contributed by atoms with van der Waals surface area (Å²) in [6.07, 6.45) is 45.7. The van der Waals surface area contributed by atoms with Crippen LogP contribution in [0.3, 0.4) is 0 Å². The van der Waals surface area contributed by atoms with Crippen LogP contribution >= 0.6 is 21.6 Å². The molecule has 0 saturated carbocycles. The van der Waals surface area contributed by atoms with Gasteiger partial charge >= 0.3 is 0 Å². The summed E-state index contributed by atoms with van der Waals surface area (Å²) in [6.45, 7) is 30.4. The van der Waals surface area contributed by atoms with Crippen molar-refractivity contribution in [2.45, 2.75) is 271 Å². The smallest absolute Gasteiger partial charge is 0.0786 e. The van der Waals surface area contributed by atoms with Gasteiger partial charge in [0.05, 0.1) is 64.3 Å². The summed E-state index contributed by atoms with van der Waals surface area (Å²) in [5, 5.41) is 21.2. The predicted molar refractivity (Wildman–Crippen MR) is 306 cm³/mol. The van der Waals surface area contributed by atoms with Crippen LogP contribution in [0.25, 0.3) is 0 Å². The van der Waals surface area contributed by atoms with Crippen molar-refractivity contribution in [1.29, 1.82) is 0 Å². The van der Waals surface area contributed by atoms with Crippen LogP contribution in [-0.4, -0.2) is 73.3 Å². The van der Waals surface area contributed by atoms with E-state index in [1.807, 2.05) is 0 Å². The Kier molecular flexibility index (Phi) is 46.6. The fourth-order valence-corrected chi connectivity index (χ4v) is 11.7. The van der Waals surface area contributed by atoms with Crippen LogP contribution in [0, 0.1) is 0 Å². The quantitative estimate of drug-likeness (QED) is 0.0374. The Bertz CT molecular complexity index is 1240. The van der Waals surface area contributed by atoms with E-state index in [1.54, 1.807) is 24.3 Å². The number of unbranched alkanes of at least 4 members (excludes halogenated alkanes) is 24. The minimum Gasteiger partial charge on any atom is -0.545 e. The van der Waals surface area contributed by atoms with Gasteiger partial charge < -0.3 is 28.8 Å². The topological polar surface area (TPSA) is 80.3 Å². The molecule has 0 aliphatic carbocycles. The molecular formula is C62H112N2O4S2. The molecule has 6 nitrogen and oxygen atoms in total. The summed E-state index contributed by atoms with van der Waals surface area (Å²) in [4.78, 5) is 23.0. The van der Waals surface area contributed by atoms with Gasteiger partial charge in [0.25, 0.3) is 0 Å². The number of benzene rings is 2. The van der Waals surface area contributed by atoms with E-state index in [-0.39, 0.29) is 11.1 Å². The molecule has 0 aliphatic heterocycles. The summed E-state index contributed by atoms with van der Waals surface area (Å²) in [7, 11) is 2.90. The van der Waals surface area contributed by atoms with Gasteiger partial charge in [0.2, 0.25) is 0 Å². The Morgan fingerprint density at radius 2 is 0.471 bits per heavy atom. The van der Waals surface area contributed by atoms with E-state index < -0.39 is 11.9 Å². The molecule has 2 aromatic rings. The average Bonchev–Trinajstić information content (AvgIpc) is 3.37. The Hall–Kier alpha value is -2.00. The average molecular weight is 1010 g/mol. The number of aromatic carboxylic acids is 2. The van der Waals surface area contributed by atoms with E-state index in [4.69, 9.17) is 0 Å². The third-order valence-electron chi connectivity index (χ3n) is 14.3. The lowest BCUT2D eigenvalue weighted by Crippen LogP contribution is -2.50. The highest BCUT2D eigenvalue weighted by Gasteiger charge is 2.27. The van der Waals surface area contributed by atoms with Gasteiger partial charge in [-0.1, -0.05) is 204 Å². The number of carboxylic acids is 2. The highest BCUT2D eigenvalue weighted by atomic mass is 33.1. The Balaban J connectivity index is 0.00000103. The van der Waals surface area contributed by atoms with Crippen LogP contribution in [0.15, 0.2) is 58.3 Å². The molecule has 8 heteroatoms. The number of quaternary nitrogens is 2. The molecular weight excluding hydrogens is 901 g/mol. The predicted octanol–water partition coefficient (Wildman–Crippen LogP) is 17.5. The van der Waals surface area contributed by atoms with Crippen LogP contribution in [0.4, 0.5) is 0 Å². The van der Waals surface area contributed by atoms with Crippen LogP contribution in [-0.2, 0) is 0 Å². The molecule has 0 bridgehead atoms. The summed E-state index contributed by atoms with van der Waals surface area (Å²) < 4.78 is 2.92. The Morgan fingerprint density at radius 3 is 0.614 bits per heavy atom. The van der Waals surface area contributed by atoms with Gasteiger partial charge in [-0.25, -0.2) is 0 Å². The molecule has 0 heterocycles. The second kappa shape index (κ2) is 48.0. The first-order valence-corrected chi connectivity index (χ1v) is 31.9. The minimum atomic E-state index is -1.20. The van der Waals surface area contributed by atoms with Crippen molar-refractivity contribution in [1.82, 2.24) is 0 Å². The first kappa shape index (κ1) is 68.0. The van der Waals surface area contributed by atoms with Crippen LogP contribution in [0.1, 0.15) is 282 Å². The monoisotopic (exact) mass is 1010 g/mol. The van der Waals surface area contributed by atoms with Crippen molar-refractivity contribution < 1.29 is 28.8 Å². The van der Waals surface area contributed by atoms with Crippen molar-refractivity contribution in [3.63, 3.8) is 0 Å². The molecule has 0 fully saturated rings. The van der Waals surface area contributed by atoms with Gasteiger partial charge in [-0.05, 0) is 138 Å². The van der Waals surface area contributed by atoms with Gasteiger partial charge in [-0.3, -0.25) is 0 Å². The second-order valence-electron chi connectivity index (χ2n) is 20.7. The lowest BCUT2D eigenvalue weighted by molar-refractivity contribution is -0.929. The SMILES string of the molecule is CCCCCC[N+](CCCCCC)(CCCCCC)CCCCCC.CCCCCC[N+](CCCCCC)(CCCCCC)CCCCCC.O=C([O-])c1ccc(SSc2ccc(C(=O)[O-])cc2)cc1. The zero-order valence-corrected chi connectivity index (χ0v) is 48.9. The lowest BCUT2D eigenvalue weighted by Gasteiger charge is -2.39. The third kappa shape index (κ3) is 36.8.